The topological polar surface area (TPSA) is 86.8 Å². The van der Waals surface area contributed by atoms with E-state index < -0.39 is 28.4 Å². The van der Waals surface area contributed by atoms with Gasteiger partial charge in [0.15, 0.2) is 0 Å². The van der Waals surface area contributed by atoms with Gasteiger partial charge in [-0.25, -0.2) is 0 Å². The van der Waals surface area contributed by atoms with Crippen molar-refractivity contribution in [1.82, 2.24) is 0 Å². The summed E-state index contributed by atoms with van der Waals surface area (Å²) in [5, 5.41) is 12.2. The van der Waals surface area contributed by atoms with Crippen LogP contribution in [0, 0.1) is 35.0 Å². The Morgan fingerprint density at radius 3 is 2.50 bits per heavy atom. The summed E-state index contributed by atoms with van der Waals surface area (Å²) in [6, 6.07) is 0. The molecule has 36 heavy (non-hydrogen) atoms. The monoisotopic (exact) mass is 502 g/mol. The van der Waals surface area contributed by atoms with Crippen molar-refractivity contribution in [2.24, 2.45) is 35.0 Å². The lowest BCUT2D eigenvalue weighted by Gasteiger charge is -2.56. The first kappa shape index (κ1) is 24.1. The Morgan fingerprint density at radius 1 is 1.08 bits per heavy atom. The minimum absolute atomic E-state index is 0.0127. The Balaban J connectivity index is 1.19. The number of esters is 1. The highest BCUT2D eigenvalue weighted by Crippen LogP contribution is 2.69. The van der Waals surface area contributed by atoms with Crippen LogP contribution in [0.15, 0.2) is 12.2 Å². The minimum Gasteiger partial charge on any atom is -0.456 e. The second-order valence-electron chi connectivity index (χ2n) is 14.1. The van der Waals surface area contributed by atoms with Crippen molar-refractivity contribution in [1.29, 1.82) is 0 Å². The van der Waals surface area contributed by atoms with Gasteiger partial charge in [0.1, 0.15) is 17.3 Å². The highest BCUT2D eigenvalue weighted by Gasteiger charge is 2.77. The highest BCUT2D eigenvalue weighted by atomic mass is 16.9. The lowest BCUT2D eigenvalue weighted by molar-refractivity contribution is -0.385. The standard InChI is InChI=1S/C29H42O7/c1-15(19-14-26(6)24(3,4)35-27(7,33-19)36-26)17-8-9-18-21-22-23(32-22)29(11-10-20(30)34-29)16(2)28(21,31)13-12-25(17,18)5/h12-13,15-19,21-23,31H,8-11,14H2,1-7H3. The molecule has 2 saturated carbocycles. The summed E-state index contributed by atoms with van der Waals surface area (Å²) in [4.78, 5) is 12.1. The molecule has 7 nitrogen and oxygen atoms in total. The maximum Gasteiger partial charge on any atom is 0.306 e. The fourth-order valence-electron chi connectivity index (χ4n) is 9.83. The number of hydrogen-bond donors (Lipinski definition) is 1. The summed E-state index contributed by atoms with van der Waals surface area (Å²) in [6.07, 6.45) is 8.21. The summed E-state index contributed by atoms with van der Waals surface area (Å²) in [6.45, 7) is 15.0. The zero-order valence-corrected chi connectivity index (χ0v) is 22.7. The van der Waals surface area contributed by atoms with Gasteiger partial charge in [-0.3, -0.25) is 4.79 Å². The molecule has 7 rings (SSSR count). The Hall–Kier alpha value is -0.990. The molecule has 4 heterocycles. The molecule has 1 N–H and O–H groups in total. The predicted octanol–water partition coefficient (Wildman–Crippen LogP) is 4.11. The fraction of sp³-hybridized carbons (Fsp3) is 0.897. The quantitative estimate of drug-likeness (QED) is 0.345. The molecule has 0 radical (unpaired) electrons. The molecule has 6 fully saturated rings. The largest absolute Gasteiger partial charge is 0.456 e. The van der Waals surface area contributed by atoms with E-state index in [-0.39, 0.29) is 41.5 Å². The maximum absolute atomic E-state index is 12.2. The number of carbonyl (C=O) groups excluding carboxylic acids is 1. The van der Waals surface area contributed by atoms with Crippen LogP contribution < -0.4 is 0 Å². The van der Waals surface area contributed by atoms with Gasteiger partial charge in [-0.15, -0.1) is 0 Å². The number of rotatable bonds is 2. The Kier molecular flexibility index (Phi) is 4.53. The molecule has 13 atom stereocenters. The Labute approximate surface area is 214 Å². The van der Waals surface area contributed by atoms with E-state index in [1.807, 2.05) is 6.92 Å². The number of ether oxygens (including phenoxy) is 5. The van der Waals surface area contributed by atoms with Crippen LogP contribution in [-0.4, -0.2) is 57.8 Å². The van der Waals surface area contributed by atoms with Gasteiger partial charge in [0.05, 0.1) is 23.4 Å². The van der Waals surface area contributed by atoms with Gasteiger partial charge in [-0.05, 0) is 56.8 Å². The molecule has 4 aliphatic heterocycles. The van der Waals surface area contributed by atoms with Crippen molar-refractivity contribution < 1.29 is 33.6 Å². The summed E-state index contributed by atoms with van der Waals surface area (Å²) >= 11 is 0. The Morgan fingerprint density at radius 2 is 1.83 bits per heavy atom. The molecule has 4 saturated heterocycles. The molecule has 7 heteroatoms. The van der Waals surface area contributed by atoms with Crippen molar-refractivity contribution in [2.75, 3.05) is 0 Å². The third kappa shape index (κ3) is 2.74. The zero-order chi connectivity index (χ0) is 25.7. The molecule has 0 aromatic heterocycles. The van der Waals surface area contributed by atoms with Gasteiger partial charge in [0.2, 0.25) is 0 Å². The van der Waals surface area contributed by atoms with Crippen molar-refractivity contribution in [3.05, 3.63) is 12.2 Å². The van der Waals surface area contributed by atoms with Crippen LogP contribution >= 0.6 is 0 Å². The molecule has 7 aliphatic rings. The maximum atomic E-state index is 12.2. The number of aliphatic hydroxyl groups is 1. The SMILES string of the molecule is CC(C1CC2(C)OC(C)(O1)OC2(C)C)C1CCC2C3C4OC4C4(CCC(=O)O4)C(C)C3(O)C=CC12C. The molecule has 2 bridgehead atoms. The van der Waals surface area contributed by atoms with Crippen LogP contribution in [0.1, 0.15) is 80.6 Å². The van der Waals surface area contributed by atoms with Gasteiger partial charge in [0, 0.05) is 38.0 Å². The first-order chi connectivity index (χ1) is 16.7. The lowest BCUT2D eigenvalue weighted by Crippen LogP contribution is -2.65. The number of hydrogen-bond acceptors (Lipinski definition) is 7. The van der Waals surface area contributed by atoms with E-state index in [9.17, 15) is 9.90 Å². The summed E-state index contributed by atoms with van der Waals surface area (Å²) in [7, 11) is 0. The molecule has 3 aliphatic carbocycles. The van der Waals surface area contributed by atoms with E-state index in [2.05, 4.69) is 53.7 Å². The van der Waals surface area contributed by atoms with E-state index in [1.54, 1.807) is 0 Å². The van der Waals surface area contributed by atoms with Gasteiger partial charge in [-0.2, -0.15) is 0 Å². The normalized spacial score (nSPS) is 60.9. The lowest BCUT2D eigenvalue weighted by atomic mass is 9.50. The van der Waals surface area contributed by atoms with Crippen LogP contribution in [0.5, 0.6) is 0 Å². The summed E-state index contributed by atoms with van der Waals surface area (Å²) in [5.41, 5.74) is -2.61. The molecule has 13 unspecified atom stereocenters. The van der Waals surface area contributed by atoms with Crippen LogP contribution in [0.4, 0.5) is 0 Å². The van der Waals surface area contributed by atoms with E-state index >= 15 is 0 Å². The molecule has 1 spiro atoms. The van der Waals surface area contributed by atoms with E-state index in [0.717, 1.165) is 19.3 Å². The van der Waals surface area contributed by atoms with Crippen LogP contribution in [0.2, 0.25) is 0 Å². The number of fused-ring (bicyclic) bond motifs is 8. The van der Waals surface area contributed by atoms with Gasteiger partial charge >= 0.3 is 5.97 Å². The van der Waals surface area contributed by atoms with Crippen molar-refractivity contribution >= 4 is 5.97 Å². The third-order valence-corrected chi connectivity index (χ3v) is 12.2. The van der Waals surface area contributed by atoms with Gasteiger partial charge < -0.3 is 28.8 Å². The average Bonchev–Trinajstić information content (AvgIpc) is 3.32. The van der Waals surface area contributed by atoms with E-state index in [0.29, 0.717) is 30.6 Å². The number of carbonyl (C=O) groups is 1. The molecule has 0 aromatic rings. The van der Waals surface area contributed by atoms with Crippen LogP contribution in [-0.2, 0) is 28.5 Å². The predicted molar refractivity (Wildman–Crippen MR) is 129 cm³/mol. The van der Waals surface area contributed by atoms with Gasteiger partial charge in [0.25, 0.3) is 5.97 Å². The smallest absolute Gasteiger partial charge is 0.306 e. The van der Waals surface area contributed by atoms with Crippen LogP contribution in [0.3, 0.4) is 0 Å². The van der Waals surface area contributed by atoms with Crippen molar-refractivity contribution in [3.63, 3.8) is 0 Å². The summed E-state index contributed by atoms with van der Waals surface area (Å²) < 4.78 is 31.3. The van der Waals surface area contributed by atoms with Gasteiger partial charge in [-0.1, -0.05) is 32.9 Å². The van der Waals surface area contributed by atoms with Crippen molar-refractivity contribution in [2.45, 2.75) is 127 Å². The summed E-state index contributed by atoms with van der Waals surface area (Å²) in [5.74, 6) is -0.351. The molecule has 0 amide bonds. The highest BCUT2D eigenvalue weighted by molar-refractivity contribution is 5.73. The van der Waals surface area contributed by atoms with E-state index in [1.165, 1.54) is 0 Å². The molecular formula is C29H42O7. The van der Waals surface area contributed by atoms with Crippen LogP contribution in [0.25, 0.3) is 0 Å². The van der Waals surface area contributed by atoms with E-state index in [4.69, 9.17) is 23.7 Å². The second-order valence-corrected chi connectivity index (χ2v) is 14.1. The second kappa shape index (κ2) is 6.77. The molecule has 0 aromatic carbocycles. The molecule has 200 valence electrons. The number of allylic oxidation sites excluding steroid dienone is 1. The first-order valence-electron chi connectivity index (χ1n) is 14.1. The van der Waals surface area contributed by atoms with Crippen molar-refractivity contribution in [3.8, 4) is 0 Å². The Bertz CT molecular complexity index is 1040. The number of epoxide rings is 1. The molecular weight excluding hydrogens is 460 g/mol. The minimum atomic E-state index is -1.03. The zero-order valence-electron chi connectivity index (χ0n) is 22.7. The average molecular weight is 503 g/mol. The third-order valence-electron chi connectivity index (χ3n) is 12.2. The fourth-order valence-corrected chi connectivity index (χ4v) is 9.83. The first-order valence-corrected chi connectivity index (χ1v) is 14.1.